The lowest BCUT2D eigenvalue weighted by Gasteiger charge is -2.37. The van der Waals surface area contributed by atoms with Crippen LogP contribution < -0.4 is 16.2 Å². The zero-order chi connectivity index (χ0) is 24.1. The molecule has 3 N–H and O–H groups in total. The number of benzene rings is 2. The van der Waals surface area contributed by atoms with E-state index in [0.717, 1.165) is 0 Å². The van der Waals surface area contributed by atoms with Crippen LogP contribution in [0.15, 0.2) is 35.3 Å². The van der Waals surface area contributed by atoms with E-state index in [4.69, 9.17) is 17.3 Å². The van der Waals surface area contributed by atoms with Crippen molar-refractivity contribution in [3.63, 3.8) is 0 Å². The molecule has 2 aromatic carbocycles. The number of hydrogen-bond acceptors (Lipinski definition) is 6. The number of alkyl halides is 1. The number of hydrogen-bond donors (Lipinski definition) is 2. The van der Waals surface area contributed by atoms with E-state index in [9.17, 15) is 14.4 Å². The molecule has 11 heteroatoms. The maximum atomic E-state index is 15.5. The second-order valence-electron chi connectivity index (χ2n) is 8.05. The first-order valence-corrected chi connectivity index (χ1v) is 10.8. The van der Waals surface area contributed by atoms with Gasteiger partial charge >= 0.3 is 0 Å². The Balaban J connectivity index is 1.76. The summed E-state index contributed by atoms with van der Waals surface area (Å²) in [6.07, 6.45) is 0.527. The molecule has 4 aromatic rings. The lowest BCUT2D eigenvalue weighted by atomic mass is 9.94. The number of nitrogens with one attached hydrogen (secondary N) is 1. The van der Waals surface area contributed by atoms with E-state index in [1.807, 2.05) is 0 Å². The molecule has 5 rings (SSSR count). The van der Waals surface area contributed by atoms with Crippen LogP contribution >= 0.6 is 11.6 Å². The molecule has 1 fully saturated rings. The second-order valence-corrected chi connectivity index (χ2v) is 8.46. The fourth-order valence-corrected chi connectivity index (χ4v) is 4.51. The Labute approximate surface area is 197 Å². The van der Waals surface area contributed by atoms with Crippen molar-refractivity contribution in [1.82, 2.24) is 20.0 Å². The average Bonchev–Trinajstić information content (AvgIpc) is 3.19. The molecule has 0 saturated carbocycles. The summed E-state index contributed by atoms with van der Waals surface area (Å²) in [5.74, 6) is -0.773. The highest BCUT2D eigenvalue weighted by molar-refractivity contribution is 6.31. The Bertz CT molecular complexity index is 1550. The Morgan fingerprint density at radius 1 is 1.32 bits per heavy atom. The number of anilines is 1. The molecule has 0 spiro atoms. The van der Waals surface area contributed by atoms with Gasteiger partial charge in [0.05, 0.1) is 57.9 Å². The van der Waals surface area contributed by atoms with E-state index in [-0.39, 0.29) is 41.3 Å². The molecule has 0 radical (unpaired) electrons. The largest absolute Gasteiger partial charge is 0.364 e. The van der Waals surface area contributed by atoms with Gasteiger partial charge < -0.3 is 10.6 Å². The van der Waals surface area contributed by atoms with E-state index in [2.05, 4.69) is 21.4 Å². The van der Waals surface area contributed by atoms with Crippen molar-refractivity contribution < 1.29 is 8.78 Å². The molecule has 0 bridgehead atoms. The van der Waals surface area contributed by atoms with Crippen molar-refractivity contribution in [3.05, 3.63) is 62.9 Å². The minimum Gasteiger partial charge on any atom is -0.364 e. The molecule has 34 heavy (non-hydrogen) atoms. The summed E-state index contributed by atoms with van der Waals surface area (Å²) >= 11 is 6.22. The maximum absolute atomic E-state index is 15.5. The number of nitriles is 1. The number of aromatic amines is 1. The van der Waals surface area contributed by atoms with Gasteiger partial charge in [0.2, 0.25) is 0 Å². The first-order chi connectivity index (χ1) is 16.3. The fourth-order valence-electron chi connectivity index (χ4n) is 4.31. The van der Waals surface area contributed by atoms with Crippen LogP contribution in [0.2, 0.25) is 5.02 Å². The predicted molar refractivity (Wildman–Crippen MR) is 125 cm³/mol. The smallest absolute Gasteiger partial charge is 0.272 e. The third kappa shape index (κ3) is 3.32. The second kappa shape index (κ2) is 8.20. The zero-order valence-corrected chi connectivity index (χ0v) is 18.7. The number of fused-ring (bicyclic) bond motifs is 1. The highest BCUT2D eigenvalue weighted by Crippen LogP contribution is 2.42. The maximum Gasteiger partial charge on any atom is 0.272 e. The summed E-state index contributed by atoms with van der Waals surface area (Å²) in [5.41, 5.74) is 7.77. The average molecular weight is 482 g/mol. The summed E-state index contributed by atoms with van der Waals surface area (Å²) in [6.45, 7) is 0.303. The molecule has 0 amide bonds. The van der Waals surface area contributed by atoms with Crippen LogP contribution in [0.3, 0.4) is 0 Å². The van der Waals surface area contributed by atoms with Crippen LogP contribution in [0.5, 0.6) is 0 Å². The molecular formula is C23H18ClF2N7O. The summed E-state index contributed by atoms with van der Waals surface area (Å²) in [6, 6.07) is 8.49. The quantitative estimate of drug-likeness (QED) is 0.462. The molecular weight excluding hydrogens is 464 g/mol. The first-order valence-electron chi connectivity index (χ1n) is 10.4. The molecule has 0 unspecified atom stereocenters. The van der Waals surface area contributed by atoms with Gasteiger partial charge in [-0.2, -0.15) is 15.5 Å². The minimum atomic E-state index is -1.02. The predicted octanol–water partition coefficient (Wildman–Crippen LogP) is 3.27. The number of aromatic nitrogens is 4. The lowest BCUT2D eigenvalue weighted by Crippen LogP contribution is -2.48. The summed E-state index contributed by atoms with van der Waals surface area (Å²) in [5, 5.41) is 21.5. The molecule has 1 saturated heterocycles. The molecule has 2 aromatic heterocycles. The van der Waals surface area contributed by atoms with Gasteiger partial charge in [-0.25, -0.2) is 13.9 Å². The van der Waals surface area contributed by atoms with Crippen molar-refractivity contribution in [2.45, 2.75) is 12.7 Å². The van der Waals surface area contributed by atoms with Crippen molar-refractivity contribution in [2.24, 2.45) is 12.8 Å². The Kier molecular flexibility index (Phi) is 5.31. The van der Waals surface area contributed by atoms with Gasteiger partial charge in [0.25, 0.3) is 5.56 Å². The zero-order valence-electron chi connectivity index (χ0n) is 17.9. The molecule has 0 aliphatic carbocycles. The SMILES string of the molecule is Cn1ncc(-c2ccc3c(=O)[nH]nc(CN)c3c2)c1-c1c(F)c(Cl)cc(N2CC(F)C2)c1C#N. The fraction of sp³-hybridized carbons (Fsp3) is 0.217. The molecule has 1 aliphatic rings. The monoisotopic (exact) mass is 481 g/mol. The number of nitrogens with zero attached hydrogens (tertiary/aromatic N) is 5. The van der Waals surface area contributed by atoms with Crippen LogP contribution in [-0.4, -0.2) is 39.2 Å². The van der Waals surface area contributed by atoms with Crippen LogP contribution in [0.25, 0.3) is 33.2 Å². The Morgan fingerprint density at radius 2 is 2.09 bits per heavy atom. The number of nitrogens with two attached hydrogens (primary N) is 1. The molecule has 1 aliphatic heterocycles. The van der Waals surface area contributed by atoms with Crippen LogP contribution in [0.1, 0.15) is 11.3 Å². The van der Waals surface area contributed by atoms with Gasteiger partial charge in [-0.3, -0.25) is 9.48 Å². The van der Waals surface area contributed by atoms with Gasteiger partial charge in [-0.15, -0.1) is 0 Å². The standard InChI is InChI=1S/C23H18ClF2N7O/c1-32-22(20-15(6-27)19(5-17(24)21(20)26)33-9-12(25)10-33)16(8-29-32)11-2-3-13-14(4-11)18(7-28)30-31-23(13)34/h2-5,8,12H,7,9-10,28H2,1H3,(H,31,34). The van der Waals surface area contributed by atoms with Crippen molar-refractivity contribution in [2.75, 3.05) is 18.0 Å². The summed E-state index contributed by atoms with van der Waals surface area (Å²) < 4.78 is 30.4. The van der Waals surface area contributed by atoms with Gasteiger partial charge in [0.15, 0.2) is 5.82 Å². The number of H-pyrrole nitrogens is 1. The Morgan fingerprint density at radius 3 is 2.76 bits per heavy atom. The molecule has 3 heterocycles. The highest BCUT2D eigenvalue weighted by atomic mass is 35.5. The summed E-state index contributed by atoms with van der Waals surface area (Å²) in [4.78, 5) is 13.9. The Hall–Kier alpha value is -3.81. The van der Waals surface area contributed by atoms with E-state index in [1.165, 1.54) is 10.7 Å². The molecule has 8 nitrogen and oxygen atoms in total. The highest BCUT2D eigenvalue weighted by Gasteiger charge is 2.32. The first kappa shape index (κ1) is 22.0. The van der Waals surface area contributed by atoms with E-state index >= 15 is 4.39 Å². The van der Waals surface area contributed by atoms with Gasteiger partial charge in [0, 0.05) is 24.5 Å². The third-order valence-electron chi connectivity index (χ3n) is 6.04. The molecule has 172 valence electrons. The summed E-state index contributed by atoms with van der Waals surface area (Å²) in [7, 11) is 1.62. The number of aryl methyl sites for hydroxylation is 1. The number of halogens is 3. The van der Waals surface area contributed by atoms with E-state index in [1.54, 1.807) is 36.3 Å². The van der Waals surface area contributed by atoms with Crippen LogP contribution in [-0.2, 0) is 13.6 Å². The van der Waals surface area contributed by atoms with Crippen LogP contribution in [0, 0.1) is 17.1 Å². The molecule has 0 atom stereocenters. The number of rotatable bonds is 4. The normalized spacial score (nSPS) is 13.8. The van der Waals surface area contributed by atoms with Crippen molar-refractivity contribution in [1.29, 1.82) is 5.26 Å². The van der Waals surface area contributed by atoms with E-state index in [0.29, 0.717) is 39.0 Å². The minimum absolute atomic E-state index is 0.0227. The van der Waals surface area contributed by atoms with Crippen molar-refractivity contribution >= 4 is 28.1 Å². The van der Waals surface area contributed by atoms with E-state index < -0.39 is 12.0 Å². The van der Waals surface area contributed by atoms with Gasteiger partial charge in [-0.05, 0) is 23.8 Å². The van der Waals surface area contributed by atoms with Gasteiger partial charge in [0.1, 0.15) is 12.2 Å². The lowest BCUT2D eigenvalue weighted by molar-refractivity contribution is 0.275. The van der Waals surface area contributed by atoms with Crippen LogP contribution in [0.4, 0.5) is 14.5 Å². The van der Waals surface area contributed by atoms with Crippen molar-refractivity contribution in [3.8, 4) is 28.5 Å². The van der Waals surface area contributed by atoms with Gasteiger partial charge in [-0.1, -0.05) is 17.7 Å². The third-order valence-corrected chi connectivity index (χ3v) is 6.31. The topological polar surface area (TPSA) is 117 Å².